The molecule has 0 aliphatic rings. The van der Waals surface area contributed by atoms with Gasteiger partial charge in [0.15, 0.2) is 0 Å². The Morgan fingerprint density at radius 2 is 0.656 bits per heavy atom. The van der Waals surface area contributed by atoms with E-state index in [1.165, 1.54) is 48.5 Å². The Morgan fingerprint density at radius 3 is 0.967 bits per heavy atom. The Morgan fingerprint density at radius 1 is 0.393 bits per heavy atom. The molecule has 0 rings (SSSR count). The Labute approximate surface area is 358 Å². The van der Waals surface area contributed by atoms with Crippen molar-refractivity contribution in [3.8, 4) is 0 Å². The van der Waals surface area contributed by atoms with Crippen LogP contribution in [0.25, 0.3) is 0 Å². The van der Waals surface area contributed by atoms with Crippen LogP contribution in [0, 0.1) is 0 Å². The maximum atomic E-state index is 13.3. The van der Waals surface area contributed by atoms with Crippen molar-refractivity contribution in [2.75, 3.05) is 6.54 Å². The second-order valence-corrected chi connectivity index (χ2v) is 15.3. The third kappa shape index (κ3) is 21.6. The summed E-state index contributed by atoms with van der Waals surface area (Å²) in [6.07, 6.45) is 4.39. The van der Waals surface area contributed by atoms with E-state index in [0.29, 0.717) is 45.1 Å². The number of unbranched alkanes of at least 4 members (excludes halogenated alkanes) is 3. The highest BCUT2D eigenvalue weighted by Gasteiger charge is 2.31. The Balaban J connectivity index is 5.33. The van der Waals surface area contributed by atoms with Crippen LogP contribution in [-0.4, -0.2) is 131 Å². The van der Waals surface area contributed by atoms with Gasteiger partial charge in [0.1, 0.15) is 54.4 Å². The summed E-state index contributed by atoms with van der Waals surface area (Å²) in [5.74, 6) is -7.51. The van der Waals surface area contributed by atoms with E-state index < -0.39 is 120 Å². The number of nitrogens with two attached hydrogens (primary N) is 2. The van der Waals surface area contributed by atoms with Gasteiger partial charge in [0.2, 0.25) is 53.2 Å². The van der Waals surface area contributed by atoms with E-state index in [1.807, 2.05) is 13.8 Å². The molecule has 0 fully saturated rings. The van der Waals surface area contributed by atoms with Gasteiger partial charge in [-0.05, 0) is 87.1 Å². The van der Waals surface area contributed by atoms with Crippen LogP contribution in [-0.2, 0) is 47.9 Å². The Bertz CT molecular complexity index is 1510. The maximum absolute atomic E-state index is 13.3. The average molecular weight is 870 g/mol. The number of carbonyl (C=O) groups excluding carboxylic acids is 9. The van der Waals surface area contributed by atoms with Crippen LogP contribution in [0.1, 0.15) is 120 Å². The zero-order valence-corrected chi connectivity index (χ0v) is 37.0. The molecule has 0 aromatic carbocycles. The molecule has 0 radical (unpaired) electrons. The quantitative estimate of drug-likeness (QED) is 0.0344. The van der Waals surface area contributed by atoms with Gasteiger partial charge in [0.25, 0.3) is 0 Å². The highest BCUT2D eigenvalue weighted by Crippen LogP contribution is 2.07. The van der Waals surface area contributed by atoms with Crippen molar-refractivity contribution in [3.05, 3.63) is 0 Å². The van der Waals surface area contributed by atoms with E-state index in [9.17, 15) is 47.9 Å². The van der Waals surface area contributed by atoms with Gasteiger partial charge in [-0.3, -0.25) is 47.9 Å². The minimum atomic E-state index is -1.25. The van der Waals surface area contributed by atoms with E-state index >= 15 is 0 Å². The first-order valence-corrected chi connectivity index (χ1v) is 20.9. The van der Waals surface area contributed by atoms with Gasteiger partial charge in [-0.25, -0.2) is 0 Å². The van der Waals surface area contributed by atoms with E-state index in [4.69, 9.17) is 16.6 Å². The molecule has 0 aromatic rings. The van der Waals surface area contributed by atoms with Crippen LogP contribution in [0.3, 0.4) is 0 Å². The van der Waals surface area contributed by atoms with Gasteiger partial charge in [0, 0.05) is 0 Å². The second-order valence-electron chi connectivity index (χ2n) is 15.3. The predicted octanol–water partition coefficient (Wildman–Crippen LogP) is -2.59. The molecule has 61 heavy (non-hydrogen) atoms. The highest BCUT2D eigenvalue weighted by molar-refractivity contribution is 5.98. The van der Waals surface area contributed by atoms with Gasteiger partial charge in [-0.1, -0.05) is 39.5 Å². The third-order valence-electron chi connectivity index (χ3n) is 9.44. The van der Waals surface area contributed by atoms with E-state index in [1.54, 1.807) is 0 Å². The van der Waals surface area contributed by atoms with Gasteiger partial charge in [-0.2, -0.15) is 0 Å². The maximum Gasteiger partial charge on any atom is 0.325 e. The van der Waals surface area contributed by atoms with Crippen LogP contribution in [0.4, 0.5) is 0 Å². The molecule has 22 heteroatoms. The van der Waals surface area contributed by atoms with E-state index in [-0.39, 0.29) is 12.8 Å². The summed E-state index contributed by atoms with van der Waals surface area (Å²) in [5.41, 5.74) is 11.3. The zero-order valence-electron chi connectivity index (χ0n) is 37.0. The van der Waals surface area contributed by atoms with Gasteiger partial charge < -0.3 is 64.4 Å². The SMILES string of the molecule is CCCC[C@H](NC(=O)[C@H](C)N)C(=O)N[C@@H](CCCCN)C(=O)N[C@@H](C)C(=O)N[C@@H](C)C(=O)N[C@@H](C)C(=O)N[C@@H](C)C(=O)N[C@@H](C)C(=O)N[C@@H](CCCC)C(=O)N[C@@H](C)C(=O)O. The first-order valence-electron chi connectivity index (χ1n) is 20.9. The topological polar surface area (TPSA) is 351 Å². The zero-order chi connectivity index (χ0) is 47.0. The molecule has 348 valence electrons. The Kier molecular flexibility index (Phi) is 26.4. The first kappa shape index (κ1) is 55.6. The number of carboxylic acids is 1. The van der Waals surface area contributed by atoms with Crippen LogP contribution in [0.5, 0.6) is 0 Å². The standard InChI is InChI=1S/C39H71N11O11/c1-10-12-16-27(37(58)47-26(9)39(60)61)49-35(56)25(8)45-33(54)23(6)43-31(52)21(4)42-32(53)22(5)44-34(55)24(7)46-36(57)29(18-14-15-19-40)50-38(59)28(17-13-11-2)48-30(51)20(3)41/h20-29H,10-19,40-41H2,1-9H3,(H,42,53)(H,43,52)(H,44,55)(H,45,54)(H,46,57)(H,47,58)(H,48,51)(H,49,56)(H,50,59)(H,60,61)/t20-,21-,22-,23-,24-,25-,26-,27-,28-,29-/m0/s1. The summed E-state index contributed by atoms with van der Waals surface area (Å²) in [6, 6.07) is -11.0. The molecule has 0 unspecified atom stereocenters. The fourth-order valence-electron chi connectivity index (χ4n) is 5.36. The van der Waals surface area contributed by atoms with Crippen molar-refractivity contribution >= 4 is 59.1 Å². The van der Waals surface area contributed by atoms with Crippen molar-refractivity contribution in [1.29, 1.82) is 0 Å². The fourth-order valence-corrected chi connectivity index (χ4v) is 5.36. The Hall–Kier alpha value is -5.38. The molecule has 0 aromatic heterocycles. The van der Waals surface area contributed by atoms with Crippen molar-refractivity contribution in [1.82, 2.24) is 47.9 Å². The minimum Gasteiger partial charge on any atom is -0.480 e. The summed E-state index contributed by atoms with van der Waals surface area (Å²) in [7, 11) is 0. The third-order valence-corrected chi connectivity index (χ3v) is 9.44. The van der Waals surface area contributed by atoms with E-state index in [0.717, 1.165) is 6.42 Å². The monoisotopic (exact) mass is 870 g/mol. The molecule has 10 atom stereocenters. The lowest BCUT2D eigenvalue weighted by molar-refractivity contribution is -0.141. The van der Waals surface area contributed by atoms with Crippen LogP contribution in [0.15, 0.2) is 0 Å². The summed E-state index contributed by atoms with van der Waals surface area (Å²) < 4.78 is 0. The summed E-state index contributed by atoms with van der Waals surface area (Å²) in [4.78, 5) is 127. The van der Waals surface area contributed by atoms with Crippen LogP contribution in [0.2, 0.25) is 0 Å². The molecule has 0 aliphatic heterocycles. The average Bonchev–Trinajstić information content (AvgIpc) is 3.19. The molecule has 0 saturated heterocycles. The highest BCUT2D eigenvalue weighted by atomic mass is 16.4. The molecule has 0 saturated carbocycles. The summed E-state index contributed by atoms with van der Waals surface area (Å²) >= 11 is 0. The van der Waals surface area contributed by atoms with Crippen molar-refractivity contribution in [3.63, 3.8) is 0 Å². The lowest BCUT2D eigenvalue weighted by Crippen LogP contribution is -2.59. The first-order chi connectivity index (χ1) is 28.5. The summed E-state index contributed by atoms with van der Waals surface area (Å²) in [6.45, 7) is 13.7. The molecule has 0 spiro atoms. The minimum absolute atomic E-state index is 0.189. The normalized spacial score (nSPS) is 15.9. The molecule has 0 heterocycles. The largest absolute Gasteiger partial charge is 0.480 e. The molecule has 0 aliphatic carbocycles. The van der Waals surface area contributed by atoms with Gasteiger partial charge in [-0.15, -0.1) is 0 Å². The van der Waals surface area contributed by atoms with Crippen LogP contribution < -0.4 is 59.3 Å². The van der Waals surface area contributed by atoms with Crippen molar-refractivity contribution in [2.24, 2.45) is 11.5 Å². The van der Waals surface area contributed by atoms with Crippen LogP contribution >= 0.6 is 0 Å². The van der Waals surface area contributed by atoms with Crippen molar-refractivity contribution in [2.45, 2.75) is 181 Å². The number of hydrogen-bond donors (Lipinski definition) is 12. The predicted molar refractivity (Wildman–Crippen MR) is 225 cm³/mol. The number of carbonyl (C=O) groups is 10. The smallest absolute Gasteiger partial charge is 0.325 e. The van der Waals surface area contributed by atoms with Gasteiger partial charge in [0.05, 0.1) is 6.04 Å². The molecule has 0 bridgehead atoms. The number of aliphatic carboxylic acids is 1. The molecule has 14 N–H and O–H groups in total. The molecule has 22 nitrogen and oxygen atoms in total. The lowest BCUT2D eigenvalue weighted by Gasteiger charge is -2.25. The summed E-state index contributed by atoms with van der Waals surface area (Å²) in [5, 5.41) is 31.5. The molecular weight excluding hydrogens is 798 g/mol. The second kappa shape index (κ2) is 29.0. The lowest BCUT2D eigenvalue weighted by atomic mass is 10.0. The number of hydrogen-bond acceptors (Lipinski definition) is 12. The van der Waals surface area contributed by atoms with E-state index in [2.05, 4.69) is 47.9 Å². The number of carboxylic acid groups (broad SMARTS) is 1. The fraction of sp³-hybridized carbons (Fsp3) is 0.744. The molecule has 9 amide bonds. The molecular formula is C39H71N11O11. The number of nitrogens with one attached hydrogen (secondary N) is 9. The number of rotatable bonds is 29. The van der Waals surface area contributed by atoms with Gasteiger partial charge >= 0.3 is 5.97 Å². The number of amides is 9. The van der Waals surface area contributed by atoms with Crippen molar-refractivity contribution < 1.29 is 53.1 Å².